The van der Waals surface area contributed by atoms with Gasteiger partial charge in [-0.1, -0.05) is 29.8 Å². The van der Waals surface area contributed by atoms with Gasteiger partial charge in [-0.05, 0) is 51.0 Å². The van der Waals surface area contributed by atoms with Gasteiger partial charge in [0.2, 0.25) is 21.7 Å². The van der Waals surface area contributed by atoms with Crippen LogP contribution in [0.15, 0.2) is 57.8 Å². The van der Waals surface area contributed by atoms with Crippen LogP contribution in [0.5, 0.6) is 0 Å². The first-order valence-corrected chi connectivity index (χ1v) is 11.8. The van der Waals surface area contributed by atoms with E-state index in [2.05, 4.69) is 5.32 Å². The first-order valence-electron chi connectivity index (χ1n) is 10.4. The topological polar surface area (TPSA) is 106 Å². The standard InChI is InChI=1S/C23H24N2O6S/c1-3-30-23(27)21-20(17-7-4-5-9-19(17)31-21)24-22(26)18-8-6-14-25(18)32(28,29)16-12-10-15(2)11-13-16/h4-5,7,9-13,18H,3,6,8,14H2,1-2H3,(H,24,26)/t18-/m0/s1. The first-order chi connectivity index (χ1) is 15.3. The fraction of sp³-hybridized carbons (Fsp3) is 0.304. The van der Waals surface area contributed by atoms with E-state index >= 15 is 0 Å². The summed E-state index contributed by atoms with van der Waals surface area (Å²) in [6.45, 7) is 3.93. The van der Waals surface area contributed by atoms with Crippen molar-refractivity contribution >= 4 is 38.6 Å². The molecule has 4 rings (SSSR count). The largest absolute Gasteiger partial charge is 0.460 e. The summed E-state index contributed by atoms with van der Waals surface area (Å²) in [5.41, 5.74) is 1.54. The molecular formula is C23H24N2O6S. The Hall–Kier alpha value is -3.17. The third-order valence-electron chi connectivity index (χ3n) is 5.44. The van der Waals surface area contributed by atoms with Gasteiger partial charge in [0.1, 0.15) is 17.3 Å². The number of para-hydroxylation sites is 1. The molecule has 32 heavy (non-hydrogen) atoms. The molecule has 8 nitrogen and oxygen atoms in total. The summed E-state index contributed by atoms with van der Waals surface area (Å²) in [4.78, 5) is 25.8. The number of nitrogens with zero attached hydrogens (tertiary/aromatic N) is 1. The van der Waals surface area contributed by atoms with Crippen LogP contribution in [0.1, 0.15) is 35.9 Å². The molecule has 168 valence electrons. The predicted octanol–water partition coefficient (Wildman–Crippen LogP) is 3.71. The lowest BCUT2D eigenvalue weighted by Gasteiger charge is -2.23. The van der Waals surface area contributed by atoms with Gasteiger partial charge in [0.15, 0.2) is 0 Å². The van der Waals surface area contributed by atoms with E-state index in [0.29, 0.717) is 23.8 Å². The first kappa shape index (κ1) is 22.0. The third kappa shape index (κ3) is 4.01. The Kier molecular flexibility index (Phi) is 6.03. The minimum Gasteiger partial charge on any atom is -0.460 e. The number of carbonyl (C=O) groups is 2. The molecule has 1 aliphatic heterocycles. The van der Waals surface area contributed by atoms with Crippen molar-refractivity contribution in [3.05, 3.63) is 59.9 Å². The molecule has 0 bridgehead atoms. The zero-order chi connectivity index (χ0) is 22.9. The lowest BCUT2D eigenvalue weighted by atomic mass is 10.2. The molecule has 1 N–H and O–H groups in total. The van der Waals surface area contributed by atoms with Gasteiger partial charge in [-0.15, -0.1) is 0 Å². The van der Waals surface area contributed by atoms with E-state index in [9.17, 15) is 18.0 Å². The van der Waals surface area contributed by atoms with E-state index in [1.54, 1.807) is 55.5 Å². The van der Waals surface area contributed by atoms with Crippen LogP contribution in [0.3, 0.4) is 0 Å². The van der Waals surface area contributed by atoms with E-state index in [-0.39, 0.29) is 29.5 Å². The zero-order valence-electron chi connectivity index (χ0n) is 17.8. The van der Waals surface area contributed by atoms with Crippen LogP contribution in [0.4, 0.5) is 5.69 Å². The Bertz CT molecular complexity index is 1260. The highest BCUT2D eigenvalue weighted by Crippen LogP contribution is 2.33. The second-order valence-corrected chi connectivity index (χ2v) is 9.49. The number of fused-ring (bicyclic) bond motifs is 1. The fourth-order valence-corrected chi connectivity index (χ4v) is 5.51. The van der Waals surface area contributed by atoms with Crippen molar-refractivity contribution in [1.29, 1.82) is 0 Å². The maximum absolute atomic E-state index is 13.2. The highest BCUT2D eigenvalue weighted by molar-refractivity contribution is 7.89. The number of furan rings is 1. The third-order valence-corrected chi connectivity index (χ3v) is 7.36. The molecule has 2 aromatic carbocycles. The lowest BCUT2D eigenvalue weighted by Crippen LogP contribution is -2.43. The van der Waals surface area contributed by atoms with Crippen LogP contribution in [-0.2, 0) is 19.6 Å². The molecule has 3 aromatic rings. The molecule has 1 amide bonds. The number of anilines is 1. The van der Waals surface area contributed by atoms with Crippen LogP contribution >= 0.6 is 0 Å². The Morgan fingerprint density at radius 3 is 2.59 bits per heavy atom. The molecule has 1 atom stereocenters. The van der Waals surface area contributed by atoms with Gasteiger partial charge in [0.05, 0.1) is 11.5 Å². The minimum atomic E-state index is -3.85. The number of aryl methyl sites for hydroxylation is 1. The Labute approximate surface area is 186 Å². The Morgan fingerprint density at radius 2 is 1.88 bits per heavy atom. The van der Waals surface area contributed by atoms with Crippen molar-refractivity contribution in [1.82, 2.24) is 4.31 Å². The Balaban J connectivity index is 1.65. The SMILES string of the molecule is CCOC(=O)c1oc2ccccc2c1NC(=O)[C@@H]1CCCN1S(=O)(=O)c1ccc(C)cc1. The number of carbonyl (C=O) groups excluding carboxylic acids is 2. The molecule has 1 aliphatic rings. The van der Waals surface area contributed by atoms with E-state index in [1.807, 2.05) is 6.92 Å². The highest BCUT2D eigenvalue weighted by atomic mass is 32.2. The van der Waals surface area contributed by atoms with Gasteiger partial charge in [0.25, 0.3) is 0 Å². The van der Waals surface area contributed by atoms with E-state index in [0.717, 1.165) is 5.56 Å². The summed E-state index contributed by atoms with van der Waals surface area (Å²) >= 11 is 0. The van der Waals surface area contributed by atoms with Crippen molar-refractivity contribution in [3.8, 4) is 0 Å². The predicted molar refractivity (Wildman–Crippen MR) is 119 cm³/mol. The molecule has 0 unspecified atom stereocenters. The normalized spacial score (nSPS) is 16.9. The van der Waals surface area contributed by atoms with Gasteiger partial charge >= 0.3 is 5.97 Å². The number of nitrogens with one attached hydrogen (secondary N) is 1. The van der Waals surface area contributed by atoms with Gasteiger partial charge < -0.3 is 14.5 Å². The summed E-state index contributed by atoms with van der Waals surface area (Å²) in [6.07, 6.45) is 0.932. The van der Waals surface area contributed by atoms with Gasteiger partial charge in [-0.25, -0.2) is 13.2 Å². The van der Waals surface area contributed by atoms with Gasteiger partial charge in [-0.3, -0.25) is 4.79 Å². The molecule has 0 radical (unpaired) electrons. The van der Waals surface area contributed by atoms with Crippen LogP contribution in [0.25, 0.3) is 11.0 Å². The quantitative estimate of drug-likeness (QED) is 0.567. The summed E-state index contributed by atoms with van der Waals surface area (Å²) in [6, 6.07) is 12.5. The van der Waals surface area contributed by atoms with Gasteiger partial charge in [0, 0.05) is 11.9 Å². The minimum absolute atomic E-state index is 0.118. The number of hydrogen-bond donors (Lipinski definition) is 1. The number of esters is 1. The highest BCUT2D eigenvalue weighted by Gasteiger charge is 2.40. The molecule has 1 saturated heterocycles. The van der Waals surface area contributed by atoms with E-state index < -0.39 is 27.9 Å². The second-order valence-electron chi connectivity index (χ2n) is 7.60. The van der Waals surface area contributed by atoms with Crippen molar-refractivity contribution in [2.24, 2.45) is 0 Å². The average molecular weight is 457 g/mol. The molecule has 1 aromatic heterocycles. The van der Waals surface area contributed by atoms with Crippen LogP contribution in [0, 0.1) is 6.92 Å². The summed E-state index contributed by atoms with van der Waals surface area (Å²) in [5.74, 6) is -1.34. The number of amides is 1. The van der Waals surface area contributed by atoms with Crippen molar-refractivity contribution < 1.29 is 27.2 Å². The lowest BCUT2D eigenvalue weighted by molar-refractivity contribution is -0.119. The Morgan fingerprint density at radius 1 is 1.16 bits per heavy atom. The molecular weight excluding hydrogens is 432 g/mol. The molecule has 9 heteroatoms. The maximum Gasteiger partial charge on any atom is 0.376 e. The van der Waals surface area contributed by atoms with Crippen LogP contribution < -0.4 is 5.32 Å². The van der Waals surface area contributed by atoms with Crippen molar-refractivity contribution in [3.63, 3.8) is 0 Å². The van der Waals surface area contributed by atoms with E-state index in [4.69, 9.17) is 9.15 Å². The van der Waals surface area contributed by atoms with Crippen molar-refractivity contribution in [2.45, 2.75) is 37.6 Å². The van der Waals surface area contributed by atoms with Gasteiger partial charge in [-0.2, -0.15) is 4.31 Å². The maximum atomic E-state index is 13.2. The summed E-state index contributed by atoms with van der Waals surface area (Å²) < 4.78 is 38.3. The zero-order valence-corrected chi connectivity index (χ0v) is 18.6. The number of benzene rings is 2. The molecule has 2 heterocycles. The molecule has 1 fully saturated rings. The number of ether oxygens (including phenoxy) is 1. The van der Waals surface area contributed by atoms with E-state index in [1.165, 1.54) is 4.31 Å². The summed E-state index contributed by atoms with van der Waals surface area (Å²) in [5, 5.41) is 3.27. The summed E-state index contributed by atoms with van der Waals surface area (Å²) in [7, 11) is -3.85. The number of sulfonamides is 1. The molecule has 0 aliphatic carbocycles. The fourth-order valence-electron chi connectivity index (χ4n) is 3.85. The molecule has 0 saturated carbocycles. The number of hydrogen-bond acceptors (Lipinski definition) is 6. The van der Waals surface area contributed by atoms with Crippen molar-refractivity contribution in [2.75, 3.05) is 18.5 Å². The average Bonchev–Trinajstić information content (AvgIpc) is 3.40. The van der Waals surface area contributed by atoms with Crippen LogP contribution in [-0.4, -0.2) is 43.8 Å². The monoisotopic (exact) mass is 456 g/mol. The number of rotatable bonds is 6. The smallest absolute Gasteiger partial charge is 0.376 e. The molecule has 0 spiro atoms. The second kappa shape index (κ2) is 8.76. The van der Waals surface area contributed by atoms with Crippen LogP contribution in [0.2, 0.25) is 0 Å².